The standard InChI is InChI=1S/C26H24IN5O5/c1-14-3-7-16(8-4-14)25(33)35-12-19-18(37-26(34)17-9-5-15(2)6-10-17)11-20(36-19)32-24-21(22(27)31-32)23(28)29-13-30-24/h3-10,13,18-20H,11-12H2,1-2H3,(H2,28,29,30). The number of hydrogen-bond acceptors (Lipinski definition) is 9. The molecule has 3 unspecified atom stereocenters. The van der Waals surface area contributed by atoms with Gasteiger partial charge in [0.2, 0.25) is 0 Å². The van der Waals surface area contributed by atoms with Gasteiger partial charge in [-0.1, -0.05) is 35.4 Å². The molecule has 0 bridgehead atoms. The lowest BCUT2D eigenvalue weighted by Crippen LogP contribution is -2.32. The van der Waals surface area contributed by atoms with E-state index in [1.807, 2.05) is 38.1 Å². The molecule has 0 spiro atoms. The molecule has 2 N–H and O–H groups in total. The number of nitrogens with zero attached hydrogens (tertiary/aromatic N) is 4. The van der Waals surface area contributed by atoms with E-state index in [1.165, 1.54) is 6.33 Å². The van der Waals surface area contributed by atoms with Gasteiger partial charge >= 0.3 is 11.9 Å². The first-order chi connectivity index (χ1) is 17.8. The molecule has 10 nitrogen and oxygen atoms in total. The van der Waals surface area contributed by atoms with Gasteiger partial charge in [0, 0.05) is 6.42 Å². The maximum atomic E-state index is 12.9. The molecule has 2 aromatic heterocycles. The molecular formula is C26H24IN5O5. The molecule has 3 heterocycles. The average molecular weight is 613 g/mol. The molecule has 4 aromatic rings. The third-order valence-electron chi connectivity index (χ3n) is 6.14. The van der Waals surface area contributed by atoms with Crippen LogP contribution >= 0.6 is 22.6 Å². The fraction of sp³-hybridized carbons (Fsp3) is 0.269. The van der Waals surface area contributed by atoms with Gasteiger partial charge in [-0.3, -0.25) is 0 Å². The van der Waals surface area contributed by atoms with Gasteiger partial charge in [0.15, 0.2) is 11.9 Å². The highest BCUT2D eigenvalue weighted by molar-refractivity contribution is 14.1. The summed E-state index contributed by atoms with van der Waals surface area (Å²) in [6.07, 6.45) is -0.401. The zero-order chi connectivity index (χ0) is 26.1. The molecule has 5 rings (SSSR count). The van der Waals surface area contributed by atoms with Crippen molar-refractivity contribution in [2.75, 3.05) is 12.3 Å². The highest BCUT2D eigenvalue weighted by Gasteiger charge is 2.41. The van der Waals surface area contributed by atoms with Crippen LogP contribution in [0.5, 0.6) is 0 Å². The van der Waals surface area contributed by atoms with Gasteiger partial charge < -0.3 is 19.9 Å². The molecule has 3 atom stereocenters. The number of aromatic nitrogens is 4. The van der Waals surface area contributed by atoms with Crippen LogP contribution in [0.1, 0.15) is 44.5 Å². The number of carbonyl (C=O) groups is 2. The number of halogens is 1. The molecule has 0 saturated carbocycles. The molecule has 1 aliphatic rings. The first-order valence-corrected chi connectivity index (χ1v) is 12.7. The Labute approximate surface area is 226 Å². The van der Waals surface area contributed by atoms with E-state index in [2.05, 4.69) is 37.7 Å². The van der Waals surface area contributed by atoms with Crippen molar-refractivity contribution in [1.29, 1.82) is 0 Å². The Hall–Kier alpha value is -3.58. The average Bonchev–Trinajstić information content (AvgIpc) is 3.44. The number of nitrogens with two attached hydrogens (primary N) is 1. The van der Waals surface area contributed by atoms with Crippen molar-refractivity contribution in [2.45, 2.75) is 38.7 Å². The minimum Gasteiger partial charge on any atom is -0.459 e. The molecule has 2 aromatic carbocycles. The quantitative estimate of drug-likeness (QED) is 0.253. The predicted molar refractivity (Wildman–Crippen MR) is 143 cm³/mol. The van der Waals surface area contributed by atoms with Crippen LogP contribution in [0.15, 0.2) is 54.9 Å². The number of esters is 2. The van der Waals surface area contributed by atoms with E-state index >= 15 is 0 Å². The van der Waals surface area contributed by atoms with Crippen LogP contribution in [0.2, 0.25) is 0 Å². The van der Waals surface area contributed by atoms with Crippen molar-refractivity contribution in [3.05, 3.63) is 80.8 Å². The predicted octanol–water partition coefficient (Wildman–Crippen LogP) is 4.00. The largest absolute Gasteiger partial charge is 0.459 e. The third-order valence-corrected chi connectivity index (χ3v) is 6.90. The lowest BCUT2D eigenvalue weighted by Gasteiger charge is -2.19. The summed E-state index contributed by atoms with van der Waals surface area (Å²) in [5.41, 5.74) is 9.45. The lowest BCUT2D eigenvalue weighted by atomic mass is 10.1. The van der Waals surface area contributed by atoms with E-state index < -0.39 is 30.4 Å². The number of rotatable bonds is 6. The van der Waals surface area contributed by atoms with Crippen molar-refractivity contribution in [3.8, 4) is 0 Å². The van der Waals surface area contributed by atoms with Crippen molar-refractivity contribution >= 4 is 51.4 Å². The maximum Gasteiger partial charge on any atom is 0.338 e. The van der Waals surface area contributed by atoms with Crippen molar-refractivity contribution in [2.24, 2.45) is 0 Å². The SMILES string of the molecule is Cc1ccc(C(=O)OCC2OC(n3nc(I)c4c(N)ncnc43)CC2OC(=O)c2ccc(C)cc2)cc1. The van der Waals surface area contributed by atoms with Crippen LogP contribution in [0.3, 0.4) is 0 Å². The zero-order valence-electron chi connectivity index (χ0n) is 20.1. The molecule has 0 radical (unpaired) electrons. The van der Waals surface area contributed by atoms with Crippen molar-refractivity contribution in [1.82, 2.24) is 19.7 Å². The second-order valence-electron chi connectivity index (χ2n) is 8.83. The Morgan fingerprint density at radius 3 is 2.30 bits per heavy atom. The summed E-state index contributed by atoms with van der Waals surface area (Å²) in [7, 11) is 0. The molecular weight excluding hydrogens is 589 g/mol. The van der Waals surface area contributed by atoms with E-state index in [9.17, 15) is 9.59 Å². The number of anilines is 1. The van der Waals surface area contributed by atoms with Gasteiger partial charge in [-0.05, 0) is 60.7 Å². The van der Waals surface area contributed by atoms with Crippen LogP contribution < -0.4 is 5.73 Å². The first-order valence-electron chi connectivity index (χ1n) is 11.6. The molecule has 11 heteroatoms. The number of ether oxygens (including phenoxy) is 3. The third kappa shape index (κ3) is 5.27. The first kappa shape index (κ1) is 25.1. The van der Waals surface area contributed by atoms with E-state index in [4.69, 9.17) is 19.9 Å². The van der Waals surface area contributed by atoms with Crippen molar-refractivity contribution < 1.29 is 23.8 Å². The second-order valence-corrected chi connectivity index (χ2v) is 9.85. The number of aryl methyl sites for hydroxylation is 2. The summed E-state index contributed by atoms with van der Waals surface area (Å²) in [5.74, 6) is -0.671. The van der Waals surface area contributed by atoms with Crippen LogP contribution in [0, 0.1) is 17.5 Å². The Morgan fingerprint density at radius 2 is 1.65 bits per heavy atom. The lowest BCUT2D eigenvalue weighted by molar-refractivity contribution is -0.0591. The number of fused-ring (bicyclic) bond motifs is 1. The summed E-state index contributed by atoms with van der Waals surface area (Å²) in [6.45, 7) is 3.77. The van der Waals surface area contributed by atoms with Crippen LogP contribution in [0.4, 0.5) is 5.82 Å². The van der Waals surface area contributed by atoms with Gasteiger partial charge in [0.25, 0.3) is 0 Å². The second kappa shape index (κ2) is 10.4. The number of nitrogen functional groups attached to an aromatic ring is 1. The summed E-state index contributed by atoms with van der Waals surface area (Å²) in [4.78, 5) is 33.9. The van der Waals surface area contributed by atoms with E-state index in [0.29, 0.717) is 31.7 Å². The minimum absolute atomic E-state index is 0.109. The summed E-state index contributed by atoms with van der Waals surface area (Å²) >= 11 is 2.06. The molecule has 190 valence electrons. The van der Waals surface area contributed by atoms with E-state index in [1.54, 1.807) is 28.9 Å². The van der Waals surface area contributed by atoms with Gasteiger partial charge in [0.05, 0.1) is 16.5 Å². The molecule has 1 saturated heterocycles. The van der Waals surface area contributed by atoms with Crippen molar-refractivity contribution in [3.63, 3.8) is 0 Å². The Balaban J connectivity index is 1.38. The number of carbonyl (C=O) groups excluding carboxylic acids is 2. The van der Waals surface area contributed by atoms with Crippen LogP contribution in [0.25, 0.3) is 11.0 Å². The van der Waals surface area contributed by atoms with Gasteiger partial charge in [-0.2, -0.15) is 5.10 Å². The topological polar surface area (TPSA) is 131 Å². The summed E-state index contributed by atoms with van der Waals surface area (Å²) < 4.78 is 19.8. The van der Waals surface area contributed by atoms with Crippen LogP contribution in [-0.2, 0) is 14.2 Å². The van der Waals surface area contributed by atoms with Gasteiger partial charge in [-0.15, -0.1) is 0 Å². The van der Waals surface area contributed by atoms with E-state index in [0.717, 1.165) is 11.1 Å². The molecule has 0 amide bonds. The van der Waals surface area contributed by atoms with E-state index in [-0.39, 0.29) is 13.0 Å². The smallest absolute Gasteiger partial charge is 0.338 e. The highest BCUT2D eigenvalue weighted by Crippen LogP contribution is 2.35. The Kier molecular flexibility index (Phi) is 7.07. The number of hydrogen-bond donors (Lipinski definition) is 1. The highest BCUT2D eigenvalue weighted by atomic mass is 127. The Morgan fingerprint density at radius 1 is 1.03 bits per heavy atom. The fourth-order valence-corrected chi connectivity index (χ4v) is 4.85. The number of benzene rings is 2. The molecule has 0 aliphatic carbocycles. The zero-order valence-corrected chi connectivity index (χ0v) is 22.3. The minimum atomic E-state index is -0.718. The van der Waals surface area contributed by atoms with Gasteiger partial charge in [-0.25, -0.2) is 24.2 Å². The monoisotopic (exact) mass is 613 g/mol. The van der Waals surface area contributed by atoms with Gasteiger partial charge in [0.1, 0.15) is 34.7 Å². The van der Waals surface area contributed by atoms with Crippen LogP contribution in [-0.4, -0.2) is 50.5 Å². The fourth-order valence-electron chi connectivity index (χ4n) is 4.10. The molecule has 37 heavy (non-hydrogen) atoms. The molecule has 1 aliphatic heterocycles. The summed E-state index contributed by atoms with van der Waals surface area (Å²) in [6, 6.07) is 14.2. The normalized spacial score (nSPS) is 19.2. The Bertz CT molecular complexity index is 1460. The molecule has 1 fully saturated rings. The maximum absolute atomic E-state index is 12.9. The summed E-state index contributed by atoms with van der Waals surface area (Å²) in [5, 5.41) is 5.17.